The van der Waals surface area contributed by atoms with Crippen LogP contribution in [0.15, 0.2) is 12.1 Å². The number of rotatable bonds is 4. The van der Waals surface area contributed by atoms with E-state index in [-0.39, 0.29) is 22.0 Å². The number of aliphatic hydroxyl groups excluding tert-OH is 2. The lowest BCUT2D eigenvalue weighted by molar-refractivity contribution is -0.137. The van der Waals surface area contributed by atoms with Gasteiger partial charge in [-0.3, -0.25) is 0 Å². The molecule has 1 aromatic rings. The highest BCUT2D eigenvalue weighted by Crippen LogP contribution is 2.39. The number of aliphatic hydroxyl groups is 2. The van der Waals surface area contributed by atoms with Crippen molar-refractivity contribution in [1.29, 1.82) is 0 Å². The highest BCUT2D eigenvalue weighted by Gasteiger charge is 2.33. The summed E-state index contributed by atoms with van der Waals surface area (Å²) < 4.78 is 37.6. The van der Waals surface area contributed by atoms with Gasteiger partial charge in [0.15, 0.2) is 0 Å². The summed E-state index contributed by atoms with van der Waals surface area (Å²) in [6.45, 7) is 0. The van der Waals surface area contributed by atoms with E-state index in [4.69, 9.17) is 23.2 Å². The van der Waals surface area contributed by atoms with Gasteiger partial charge in [0.1, 0.15) is 6.10 Å². The highest BCUT2D eigenvalue weighted by atomic mass is 35.5. The monoisotopic (exact) mass is 334 g/mol. The zero-order chi connectivity index (χ0) is 14.8. The molecule has 2 atom stereocenters. The van der Waals surface area contributed by atoms with Gasteiger partial charge in [-0.1, -0.05) is 23.2 Å². The molecule has 0 saturated carbocycles. The maximum Gasteiger partial charge on any atom is 0.416 e. The smallest absolute Gasteiger partial charge is 0.390 e. The molecule has 0 saturated heterocycles. The molecule has 19 heavy (non-hydrogen) atoms. The first-order valence-corrected chi connectivity index (χ1v) is 6.60. The first-order valence-electron chi connectivity index (χ1n) is 5.21. The van der Waals surface area contributed by atoms with E-state index in [1.807, 2.05) is 0 Å². The van der Waals surface area contributed by atoms with Crippen molar-refractivity contribution in [2.24, 2.45) is 0 Å². The maximum absolute atomic E-state index is 12.5. The van der Waals surface area contributed by atoms with E-state index in [9.17, 15) is 23.4 Å². The van der Waals surface area contributed by atoms with Crippen molar-refractivity contribution in [2.45, 2.75) is 24.8 Å². The SMILES string of the molecule is OC(CCS)C(O)c1c(Cl)cc(C(F)(F)F)cc1Cl. The van der Waals surface area contributed by atoms with Crippen LogP contribution >= 0.6 is 35.8 Å². The summed E-state index contributed by atoms with van der Waals surface area (Å²) in [5, 5.41) is 18.8. The summed E-state index contributed by atoms with van der Waals surface area (Å²) in [6, 6.07) is 1.33. The van der Waals surface area contributed by atoms with Gasteiger partial charge >= 0.3 is 6.18 Å². The predicted octanol–water partition coefficient (Wildman–Crippen LogP) is 3.73. The Labute approximate surface area is 123 Å². The van der Waals surface area contributed by atoms with Crippen molar-refractivity contribution >= 4 is 35.8 Å². The third-order valence-electron chi connectivity index (χ3n) is 2.49. The molecule has 0 radical (unpaired) electrons. The minimum atomic E-state index is -4.58. The Balaban J connectivity index is 3.17. The lowest BCUT2D eigenvalue weighted by Crippen LogP contribution is -2.20. The first-order chi connectivity index (χ1) is 8.68. The summed E-state index contributed by atoms with van der Waals surface area (Å²) in [7, 11) is 0. The summed E-state index contributed by atoms with van der Waals surface area (Å²) in [6.07, 6.45) is -7.10. The largest absolute Gasteiger partial charge is 0.416 e. The molecule has 0 aliphatic carbocycles. The minimum Gasteiger partial charge on any atom is -0.390 e. The fourth-order valence-corrected chi connectivity index (χ4v) is 2.49. The molecule has 108 valence electrons. The Bertz CT molecular complexity index is 431. The van der Waals surface area contributed by atoms with Crippen molar-refractivity contribution in [3.05, 3.63) is 33.3 Å². The van der Waals surface area contributed by atoms with E-state index in [2.05, 4.69) is 12.6 Å². The normalized spacial score (nSPS) is 15.4. The van der Waals surface area contributed by atoms with Crippen LogP contribution in [-0.4, -0.2) is 22.1 Å². The number of hydrogen-bond donors (Lipinski definition) is 3. The summed E-state index contributed by atoms with van der Waals surface area (Å²) >= 11 is 15.3. The third-order valence-corrected chi connectivity index (χ3v) is 3.38. The lowest BCUT2D eigenvalue weighted by Gasteiger charge is -2.20. The Hall–Kier alpha value is -0.140. The van der Waals surface area contributed by atoms with Crippen LogP contribution in [0.25, 0.3) is 0 Å². The molecule has 0 aliphatic rings. The van der Waals surface area contributed by atoms with E-state index in [0.29, 0.717) is 17.9 Å². The van der Waals surface area contributed by atoms with Gasteiger partial charge < -0.3 is 10.2 Å². The molecule has 1 aromatic carbocycles. The number of alkyl halides is 3. The number of benzene rings is 1. The Morgan fingerprint density at radius 2 is 1.63 bits per heavy atom. The maximum atomic E-state index is 12.5. The molecule has 1 rings (SSSR count). The average molecular weight is 335 g/mol. The summed E-state index contributed by atoms with van der Waals surface area (Å²) in [5.41, 5.74) is -1.13. The Morgan fingerprint density at radius 1 is 1.16 bits per heavy atom. The van der Waals surface area contributed by atoms with Crippen LogP contribution < -0.4 is 0 Å². The third kappa shape index (κ3) is 4.16. The topological polar surface area (TPSA) is 40.5 Å². The van der Waals surface area contributed by atoms with Crippen LogP contribution in [0.4, 0.5) is 13.2 Å². The molecule has 0 bridgehead atoms. The van der Waals surface area contributed by atoms with Gasteiger partial charge in [0, 0.05) is 15.6 Å². The van der Waals surface area contributed by atoms with Gasteiger partial charge in [-0.2, -0.15) is 25.8 Å². The molecule has 2 unspecified atom stereocenters. The van der Waals surface area contributed by atoms with Crippen LogP contribution in [0.2, 0.25) is 10.0 Å². The zero-order valence-corrected chi connectivity index (χ0v) is 11.9. The summed E-state index contributed by atoms with van der Waals surface area (Å²) in [4.78, 5) is 0. The van der Waals surface area contributed by atoms with E-state index in [0.717, 1.165) is 0 Å². The van der Waals surface area contributed by atoms with Crippen LogP contribution in [0.5, 0.6) is 0 Å². The minimum absolute atomic E-state index is 0.120. The molecule has 0 aromatic heterocycles. The fourth-order valence-electron chi connectivity index (χ4n) is 1.51. The molecule has 2 N–H and O–H groups in total. The fraction of sp³-hybridized carbons (Fsp3) is 0.455. The second-order valence-corrected chi connectivity index (χ2v) is 5.14. The molecule has 0 spiro atoms. The van der Waals surface area contributed by atoms with Gasteiger partial charge in [0.25, 0.3) is 0 Å². The van der Waals surface area contributed by atoms with E-state index in [1.165, 1.54) is 0 Å². The summed E-state index contributed by atoms with van der Waals surface area (Å²) in [5.74, 6) is 0.300. The number of halogens is 5. The standard InChI is InChI=1S/C11H11Cl2F3O2S/c12-6-3-5(11(14,15)16)4-7(13)9(6)10(18)8(17)1-2-19/h3-4,8,10,17-19H,1-2H2. The van der Waals surface area contributed by atoms with Crippen LogP contribution in [0.1, 0.15) is 23.7 Å². The molecule has 0 aliphatic heterocycles. The number of thiol groups is 1. The number of hydrogen-bond acceptors (Lipinski definition) is 3. The Kier molecular flexibility index (Phi) is 5.82. The van der Waals surface area contributed by atoms with E-state index < -0.39 is 23.9 Å². The van der Waals surface area contributed by atoms with Crippen molar-refractivity contribution < 1.29 is 23.4 Å². The Morgan fingerprint density at radius 3 is 2.00 bits per heavy atom. The lowest BCUT2D eigenvalue weighted by atomic mass is 10.0. The zero-order valence-electron chi connectivity index (χ0n) is 9.46. The van der Waals surface area contributed by atoms with Gasteiger partial charge in [0.05, 0.1) is 11.7 Å². The van der Waals surface area contributed by atoms with E-state index >= 15 is 0 Å². The molecule has 0 heterocycles. The van der Waals surface area contributed by atoms with Crippen molar-refractivity contribution in [2.75, 3.05) is 5.75 Å². The van der Waals surface area contributed by atoms with E-state index in [1.54, 1.807) is 0 Å². The average Bonchev–Trinajstić information content (AvgIpc) is 2.26. The molecule has 0 amide bonds. The highest BCUT2D eigenvalue weighted by molar-refractivity contribution is 7.80. The van der Waals surface area contributed by atoms with Crippen LogP contribution in [0, 0.1) is 0 Å². The molecular formula is C11H11Cl2F3O2S. The van der Waals surface area contributed by atoms with Gasteiger partial charge in [-0.15, -0.1) is 0 Å². The second-order valence-electron chi connectivity index (χ2n) is 3.88. The van der Waals surface area contributed by atoms with Crippen molar-refractivity contribution in [1.82, 2.24) is 0 Å². The molecular weight excluding hydrogens is 324 g/mol. The van der Waals surface area contributed by atoms with Crippen LogP contribution in [-0.2, 0) is 6.18 Å². The molecule has 8 heteroatoms. The van der Waals surface area contributed by atoms with Gasteiger partial charge in [-0.05, 0) is 24.3 Å². The molecule has 2 nitrogen and oxygen atoms in total. The van der Waals surface area contributed by atoms with Crippen molar-refractivity contribution in [3.63, 3.8) is 0 Å². The van der Waals surface area contributed by atoms with Crippen LogP contribution in [0.3, 0.4) is 0 Å². The quantitative estimate of drug-likeness (QED) is 0.734. The predicted molar refractivity (Wildman–Crippen MR) is 70.9 cm³/mol. The molecule has 0 fully saturated rings. The van der Waals surface area contributed by atoms with Gasteiger partial charge in [-0.25, -0.2) is 0 Å². The second kappa shape index (κ2) is 6.54. The van der Waals surface area contributed by atoms with Gasteiger partial charge in [0.2, 0.25) is 0 Å². The van der Waals surface area contributed by atoms with Crippen molar-refractivity contribution in [3.8, 4) is 0 Å². The first kappa shape index (κ1) is 16.9.